The van der Waals surface area contributed by atoms with Gasteiger partial charge in [-0.25, -0.2) is 4.79 Å². The molecule has 0 bridgehead atoms. The highest BCUT2D eigenvalue weighted by molar-refractivity contribution is 6.17. The Morgan fingerprint density at radius 1 is 1.58 bits per heavy atom. The van der Waals surface area contributed by atoms with Crippen LogP contribution in [0.4, 0.5) is 4.79 Å². The van der Waals surface area contributed by atoms with Gasteiger partial charge in [0.05, 0.1) is 0 Å². The second-order valence-corrected chi connectivity index (χ2v) is 4.22. The summed E-state index contributed by atoms with van der Waals surface area (Å²) in [5.74, 6) is 0.474. The molecular formula is C8H16ClNO2. The van der Waals surface area contributed by atoms with E-state index in [2.05, 4.69) is 5.32 Å². The first-order chi connectivity index (χ1) is 5.38. The van der Waals surface area contributed by atoms with E-state index in [1.54, 1.807) is 0 Å². The molecule has 0 aliphatic heterocycles. The van der Waals surface area contributed by atoms with Gasteiger partial charge in [0.2, 0.25) is 0 Å². The Balaban J connectivity index is 4.13. The zero-order valence-electron chi connectivity index (χ0n) is 7.72. The summed E-state index contributed by atoms with van der Waals surface area (Å²) in [5.41, 5.74) is -0.0761. The molecular weight excluding hydrogens is 178 g/mol. The number of halogens is 1. The third-order valence-corrected chi connectivity index (χ3v) is 1.96. The molecule has 1 unspecified atom stereocenters. The highest BCUT2D eigenvalue weighted by Crippen LogP contribution is 2.21. The van der Waals surface area contributed by atoms with Gasteiger partial charge in [-0.15, -0.1) is 11.6 Å². The molecule has 0 spiro atoms. The summed E-state index contributed by atoms with van der Waals surface area (Å²) < 4.78 is 0. The molecule has 0 aromatic carbocycles. The zero-order valence-corrected chi connectivity index (χ0v) is 8.48. The second-order valence-electron chi connectivity index (χ2n) is 3.85. The van der Waals surface area contributed by atoms with Crippen LogP contribution in [0.5, 0.6) is 0 Å². The minimum atomic E-state index is -0.986. The normalized spacial score (nSPS) is 14.0. The maximum absolute atomic E-state index is 10.4. The number of alkyl halides is 1. The Hall–Kier alpha value is -0.440. The fourth-order valence-corrected chi connectivity index (χ4v) is 1.20. The largest absolute Gasteiger partial charge is 0.465 e. The van der Waals surface area contributed by atoms with Crippen LogP contribution in [0.3, 0.4) is 0 Å². The van der Waals surface area contributed by atoms with Crippen molar-refractivity contribution in [2.45, 2.75) is 33.2 Å². The van der Waals surface area contributed by atoms with Crippen LogP contribution in [0.15, 0.2) is 0 Å². The molecule has 0 fully saturated rings. The van der Waals surface area contributed by atoms with E-state index >= 15 is 0 Å². The predicted octanol–water partition coefficient (Wildman–Crippen LogP) is 2.30. The number of carboxylic acid groups (broad SMARTS) is 1. The fourth-order valence-electron chi connectivity index (χ4n) is 0.980. The van der Waals surface area contributed by atoms with E-state index in [9.17, 15) is 4.79 Å². The minimum absolute atomic E-state index is 0.0761. The first-order valence-electron chi connectivity index (χ1n) is 3.93. The van der Waals surface area contributed by atoms with Crippen molar-refractivity contribution in [3.63, 3.8) is 0 Å². The molecule has 0 saturated carbocycles. The maximum Gasteiger partial charge on any atom is 0.404 e. The molecule has 0 aliphatic rings. The van der Waals surface area contributed by atoms with Crippen LogP contribution < -0.4 is 5.32 Å². The molecule has 0 rings (SSSR count). The Kier molecular flexibility index (Phi) is 4.39. The van der Waals surface area contributed by atoms with Crippen LogP contribution in [0.25, 0.3) is 0 Å². The summed E-state index contributed by atoms with van der Waals surface area (Å²) in [5, 5.41) is 11.0. The number of amides is 1. The number of carbonyl (C=O) groups is 1. The van der Waals surface area contributed by atoms with Crippen molar-refractivity contribution in [1.82, 2.24) is 5.32 Å². The van der Waals surface area contributed by atoms with Crippen LogP contribution >= 0.6 is 11.6 Å². The first kappa shape index (κ1) is 11.6. The quantitative estimate of drug-likeness (QED) is 0.676. The Morgan fingerprint density at radius 2 is 2.08 bits per heavy atom. The van der Waals surface area contributed by atoms with Gasteiger partial charge in [0.15, 0.2) is 0 Å². The summed E-state index contributed by atoms with van der Waals surface area (Å²) >= 11 is 5.55. The first-order valence-corrected chi connectivity index (χ1v) is 4.47. The van der Waals surface area contributed by atoms with E-state index in [-0.39, 0.29) is 11.5 Å². The predicted molar refractivity (Wildman–Crippen MR) is 49.7 cm³/mol. The van der Waals surface area contributed by atoms with E-state index in [0.29, 0.717) is 12.3 Å². The molecule has 2 N–H and O–H groups in total. The molecule has 0 aromatic heterocycles. The fraction of sp³-hybridized carbons (Fsp3) is 0.875. The standard InChI is InChI=1S/C8H16ClNO2/c1-8(2,3)6(4-5-9)10-7(11)12/h6,10H,4-5H2,1-3H3,(H,11,12). The summed E-state index contributed by atoms with van der Waals surface area (Å²) in [6.07, 6.45) is -0.322. The van der Waals surface area contributed by atoms with E-state index in [1.165, 1.54) is 0 Å². The van der Waals surface area contributed by atoms with Crippen LogP contribution in [0, 0.1) is 5.41 Å². The van der Waals surface area contributed by atoms with Gasteiger partial charge in [-0.1, -0.05) is 20.8 Å². The Labute approximate surface area is 78.1 Å². The average Bonchev–Trinajstić information content (AvgIpc) is 1.83. The Bertz CT molecular complexity index is 154. The van der Waals surface area contributed by atoms with Crippen LogP contribution in [0.2, 0.25) is 0 Å². The van der Waals surface area contributed by atoms with E-state index < -0.39 is 6.09 Å². The van der Waals surface area contributed by atoms with Gasteiger partial charge >= 0.3 is 6.09 Å². The third-order valence-electron chi connectivity index (χ3n) is 1.74. The maximum atomic E-state index is 10.4. The summed E-state index contributed by atoms with van der Waals surface area (Å²) in [4.78, 5) is 10.4. The number of nitrogens with one attached hydrogen (secondary N) is 1. The van der Waals surface area contributed by atoms with Crippen molar-refractivity contribution in [1.29, 1.82) is 0 Å². The van der Waals surface area contributed by atoms with Crippen LogP contribution in [-0.4, -0.2) is 23.1 Å². The van der Waals surface area contributed by atoms with E-state index in [0.717, 1.165) is 0 Å². The summed E-state index contributed by atoms with van der Waals surface area (Å²) in [6, 6.07) is -0.0764. The lowest BCUT2D eigenvalue weighted by atomic mass is 9.85. The van der Waals surface area contributed by atoms with Crippen LogP contribution in [-0.2, 0) is 0 Å². The molecule has 0 radical (unpaired) electrons. The Morgan fingerprint density at radius 3 is 2.33 bits per heavy atom. The monoisotopic (exact) mass is 193 g/mol. The number of rotatable bonds is 3. The summed E-state index contributed by atoms with van der Waals surface area (Å²) in [6.45, 7) is 5.96. The van der Waals surface area contributed by atoms with Crippen molar-refractivity contribution in [3.8, 4) is 0 Å². The molecule has 0 saturated heterocycles. The van der Waals surface area contributed by atoms with E-state index in [4.69, 9.17) is 16.7 Å². The SMILES string of the molecule is CC(C)(C)C(CCCl)NC(=O)O. The molecule has 0 aromatic rings. The lowest BCUT2D eigenvalue weighted by Gasteiger charge is -2.29. The van der Waals surface area contributed by atoms with Gasteiger partial charge in [0.25, 0.3) is 0 Å². The second kappa shape index (κ2) is 4.55. The molecule has 0 aliphatic carbocycles. The topological polar surface area (TPSA) is 49.3 Å². The molecule has 0 heterocycles. The average molecular weight is 194 g/mol. The van der Waals surface area contributed by atoms with Crippen molar-refractivity contribution < 1.29 is 9.90 Å². The molecule has 12 heavy (non-hydrogen) atoms. The highest BCUT2D eigenvalue weighted by atomic mass is 35.5. The van der Waals surface area contributed by atoms with Gasteiger partial charge in [0.1, 0.15) is 0 Å². The zero-order chi connectivity index (χ0) is 9.78. The molecule has 3 nitrogen and oxygen atoms in total. The highest BCUT2D eigenvalue weighted by Gasteiger charge is 2.25. The minimum Gasteiger partial charge on any atom is -0.465 e. The van der Waals surface area contributed by atoms with Gasteiger partial charge in [-0.3, -0.25) is 0 Å². The number of hydrogen-bond acceptors (Lipinski definition) is 1. The van der Waals surface area contributed by atoms with Crippen molar-refractivity contribution in [2.24, 2.45) is 5.41 Å². The van der Waals surface area contributed by atoms with Gasteiger partial charge in [-0.2, -0.15) is 0 Å². The van der Waals surface area contributed by atoms with Crippen molar-refractivity contribution >= 4 is 17.7 Å². The van der Waals surface area contributed by atoms with Gasteiger partial charge in [-0.05, 0) is 11.8 Å². The molecule has 4 heteroatoms. The van der Waals surface area contributed by atoms with Gasteiger partial charge < -0.3 is 10.4 Å². The van der Waals surface area contributed by atoms with E-state index in [1.807, 2.05) is 20.8 Å². The lowest BCUT2D eigenvalue weighted by Crippen LogP contribution is -2.43. The molecule has 72 valence electrons. The van der Waals surface area contributed by atoms with Gasteiger partial charge in [0, 0.05) is 11.9 Å². The molecule has 1 amide bonds. The van der Waals surface area contributed by atoms with Crippen LogP contribution in [0.1, 0.15) is 27.2 Å². The van der Waals surface area contributed by atoms with Crippen molar-refractivity contribution in [2.75, 3.05) is 5.88 Å². The summed E-state index contributed by atoms with van der Waals surface area (Å²) in [7, 11) is 0. The van der Waals surface area contributed by atoms with Crippen molar-refractivity contribution in [3.05, 3.63) is 0 Å². The number of hydrogen-bond donors (Lipinski definition) is 2. The smallest absolute Gasteiger partial charge is 0.404 e. The lowest BCUT2D eigenvalue weighted by molar-refractivity contribution is 0.173. The molecule has 1 atom stereocenters. The third kappa shape index (κ3) is 4.44.